The van der Waals surface area contributed by atoms with Crippen LogP contribution in [0.1, 0.15) is 33.0 Å². The fourth-order valence-electron chi connectivity index (χ4n) is 3.77. The summed E-state index contributed by atoms with van der Waals surface area (Å²) in [6.07, 6.45) is 6.35. The predicted octanol–water partition coefficient (Wildman–Crippen LogP) is 3.31. The van der Waals surface area contributed by atoms with Gasteiger partial charge in [0.1, 0.15) is 5.82 Å². The molecule has 4 nitrogen and oxygen atoms in total. The normalized spacial score (nSPS) is 25.7. The van der Waals surface area contributed by atoms with Crippen LogP contribution in [0.5, 0.6) is 0 Å². The molecule has 0 bridgehead atoms. The number of aromatic amines is 1. The molecule has 3 atom stereocenters. The molecule has 1 aliphatic carbocycles. The number of H-pyrrole nitrogens is 1. The summed E-state index contributed by atoms with van der Waals surface area (Å²) in [6, 6.07) is 3.97. The van der Waals surface area contributed by atoms with Crippen molar-refractivity contribution in [2.24, 2.45) is 29.4 Å². The van der Waals surface area contributed by atoms with E-state index in [9.17, 15) is 0 Å². The number of nitrogens with two attached hydrogens (primary N) is 1. The van der Waals surface area contributed by atoms with Gasteiger partial charge in [-0.1, -0.05) is 25.5 Å². The third kappa shape index (κ3) is 2.93. The molecule has 0 saturated heterocycles. The predicted molar refractivity (Wildman–Crippen MR) is 90.3 cm³/mol. The van der Waals surface area contributed by atoms with Crippen molar-refractivity contribution in [2.45, 2.75) is 33.6 Å². The van der Waals surface area contributed by atoms with Gasteiger partial charge < -0.3 is 10.7 Å². The van der Waals surface area contributed by atoms with Gasteiger partial charge in [0.15, 0.2) is 5.65 Å². The second kappa shape index (κ2) is 6.21. The number of hydrogen-bond acceptors (Lipinski definition) is 3. The highest BCUT2D eigenvalue weighted by Crippen LogP contribution is 2.38. The molecule has 0 fully saturated rings. The zero-order valence-corrected chi connectivity index (χ0v) is 13.7. The largest absolute Gasteiger partial charge is 0.341 e. The molecule has 2 aromatic heterocycles. The van der Waals surface area contributed by atoms with E-state index in [1.165, 1.54) is 12.0 Å². The van der Waals surface area contributed by atoms with E-state index in [0.717, 1.165) is 30.0 Å². The quantitative estimate of drug-likeness (QED) is 0.851. The Balaban J connectivity index is 1.81. The second-order valence-electron chi connectivity index (χ2n) is 6.91. The summed E-state index contributed by atoms with van der Waals surface area (Å²) in [7, 11) is 0. The number of nitrogens with zero attached hydrogens (tertiary/aromatic N) is 2. The number of fused-ring (bicyclic) bond motifs is 1. The van der Waals surface area contributed by atoms with Crippen LogP contribution in [0.15, 0.2) is 30.0 Å². The Bertz CT molecular complexity index is 638. The maximum absolute atomic E-state index is 5.97. The number of aromatic nitrogens is 3. The summed E-state index contributed by atoms with van der Waals surface area (Å²) in [5.41, 5.74) is 9.27. The van der Waals surface area contributed by atoms with Crippen LogP contribution < -0.4 is 5.73 Å². The number of allylic oxidation sites excluding steroid dienone is 1. The molecule has 0 saturated carbocycles. The number of nitrogens with one attached hydrogen (secondary N) is 1. The van der Waals surface area contributed by atoms with Gasteiger partial charge >= 0.3 is 0 Å². The average Bonchev–Trinajstić information content (AvgIpc) is 2.90. The SMILES string of the molecule is CC1=C[C@@H](CN)[C@H](C(C)C)C[C@H]1Cc1nc2ncccc2[nH]1. The van der Waals surface area contributed by atoms with Gasteiger partial charge in [0, 0.05) is 12.6 Å². The molecule has 0 aliphatic heterocycles. The molecule has 1 aliphatic rings. The maximum Gasteiger partial charge on any atom is 0.177 e. The van der Waals surface area contributed by atoms with E-state index >= 15 is 0 Å². The van der Waals surface area contributed by atoms with Gasteiger partial charge in [0.05, 0.1) is 5.52 Å². The molecule has 2 heterocycles. The van der Waals surface area contributed by atoms with Crippen LogP contribution in [0.25, 0.3) is 11.2 Å². The minimum Gasteiger partial charge on any atom is -0.341 e. The summed E-state index contributed by atoms with van der Waals surface area (Å²) in [5, 5.41) is 0. The van der Waals surface area contributed by atoms with Crippen molar-refractivity contribution in [1.29, 1.82) is 0 Å². The van der Waals surface area contributed by atoms with Crippen molar-refractivity contribution >= 4 is 11.2 Å². The molecule has 22 heavy (non-hydrogen) atoms. The van der Waals surface area contributed by atoms with Crippen molar-refractivity contribution < 1.29 is 0 Å². The van der Waals surface area contributed by atoms with Crippen LogP contribution in [0.2, 0.25) is 0 Å². The second-order valence-corrected chi connectivity index (χ2v) is 6.91. The molecule has 0 radical (unpaired) electrons. The van der Waals surface area contributed by atoms with Gasteiger partial charge in [-0.2, -0.15) is 0 Å². The van der Waals surface area contributed by atoms with Gasteiger partial charge in [-0.05, 0) is 55.7 Å². The maximum atomic E-state index is 5.97. The smallest absolute Gasteiger partial charge is 0.177 e. The lowest BCUT2D eigenvalue weighted by Crippen LogP contribution is -2.32. The Labute approximate surface area is 132 Å². The zero-order chi connectivity index (χ0) is 15.7. The molecular weight excluding hydrogens is 272 g/mol. The molecule has 3 rings (SSSR count). The molecule has 0 amide bonds. The molecule has 0 unspecified atom stereocenters. The lowest BCUT2D eigenvalue weighted by molar-refractivity contribution is 0.230. The Morgan fingerprint density at radius 3 is 2.91 bits per heavy atom. The van der Waals surface area contributed by atoms with Crippen LogP contribution in [0.4, 0.5) is 0 Å². The van der Waals surface area contributed by atoms with Crippen LogP contribution >= 0.6 is 0 Å². The number of pyridine rings is 1. The van der Waals surface area contributed by atoms with E-state index < -0.39 is 0 Å². The van der Waals surface area contributed by atoms with E-state index in [2.05, 4.69) is 41.8 Å². The van der Waals surface area contributed by atoms with Crippen molar-refractivity contribution in [3.63, 3.8) is 0 Å². The van der Waals surface area contributed by atoms with Crippen molar-refractivity contribution in [3.05, 3.63) is 35.8 Å². The first-order chi connectivity index (χ1) is 10.6. The fourth-order valence-corrected chi connectivity index (χ4v) is 3.77. The standard InChI is InChI=1S/C18H26N4/c1-11(2)15-8-13(12(3)7-14(15)10-19)9-17-21-16-5-4-6-20-18(16)22-17/h4-7,11,13-15H,8-10,19H2,1-3H3,(H,20,21,22)/t13-,14-,15-/m0/s1. The monoisotopic (exact) mass is 298 g/mol. The summed E-state index contributed by atoms with van der Waals surface area (Å²) in [4.78, 5) is 12.3. The van der Waals surface area contributed by atoms with Crippen molar-refractivity contribution in [1.82, 2.24) is 15.0 Å². The van der Waals surface area contributed by atoms with E-state index in [4.69, 9.17) is 5.73 Å². The summed E-state index contributed by atoms with van der Waals surface area (Å²) >= 11 is 0. The lowest BCUT2D eigenvalue weighted by Gasteiger charge is -2.36. The number of rotatable bonds is 4. The minimum absolute atomic E-state index is 0.522. The Hall–Kier alpha value is -1.68. The first-order valence-corrected chi connectivity index (χ1v) is 8.26. The van der Waals surface area contributed by atoms with Gasteiger partial charge in [-0.3, -0.25) is 0 Å². The van der Waals surface area contributed by atoms with Gasteiger partial charge in [-0.25, -0.2) is 9.97 Å². The highest BCUT2D eigenvalue weighted by molar-refractivity contribution is 5.69. The Kier molecular flexibility index (Phi) is 4.30. The van der Waals surface area contributed by atoms with Gasteiger partial charge in [-0.15, -0.1) is 0 Å². The fraction of sp³-hybridized carbons (Fsp3) is 0.556. The minimum atomic E-state index is 0.522. The van der Waals surface area contributed by atoms with E-state index in [1.807, 2.05) is 12.1 Å². The van der Waals surface area contributed by atoms with Crippen LogP contribution in [-0.2, 0) is 6.42 Å². The summed E-state index contributed by atoms with van der Waals surface area (Å²) in [6.45, 7) is 7.61. The first-order valence-electron chi connectivity index (χ1n) is 8.26. The Morgan fingerprint density at radius 2 is 2.23 bits per heavy atom. The molecule has 118 valence electrons. The number of hydrogen-bond donors (Lipinski definition) is 2. The third-order valence-electron chi connectivity index (χ3n) is 5.10. The van der Waals surface area contributed by atoms with Crippen LogP contribution in [0.3, 0.4) is 0 Å². The third-order valence-corrected chi connectivity index (χ3v) is 5.10. The molecular formula is C18H26N4. The summed E-state index contributed by atoms with van der Waals surface area (Å²) in [5.74, 6) is 3.45. The lowest BCUT2D eigenvalue weighted by atomic mass is 9.70. The van der Waals surface area contributed by atoms with Gasteiger partial charge in [0.2, 0.25) is 0 Å². The topological polar surface area (TPSA) is 67.6 Å². The zero-order valence-electron chi connectivity index (χ0n) is 13.7. The van der Waals surface area contributed by atoms with Crippen molar-refractivity contribution in [3.8, 4) is 0 Å². The summed E-state index contributed by atoms with van der Waals surface area (Å²) < 4.78 is 0. The first kappa shape index (κ1) is 15.2. The van der Waals surface area contributed by atoms with E-state index in [0.29, 0.717) is 23.7 Å². The van der Waals surface area contributed by atoms with Crippen molar-refractivity contribution in [2.75, 3.05) is 6.54 Å². The molecule has 4 heteroatoms. The molecule has 3 N–H and O–H groups in total. The van der Waals surface area contributed by atoms with Crippen LogP contribution in [-0.4, -0.2) is 21.5 Å². The highest BCUT2D eigenvalue weighted by Gasteiger charge is 2.31. The van der Waals surface area contributed by atoms with E-state index in [1.54, 1.807) is 6.20 Å². The van der Waals surface area contributed by atoms with Crippen LogP contribution in [0, 0.1) is 23.7 Å². The highest BCUT2D eigenvalue weighted by atomic mass is 15.0. The number of imidazole rings is 1. The van der Waals surface area contributed by atoms with E-state index in [-0.39, 0.29) is 0 Å². The Morgan fingerprint density at radius 1 is 1.41 bits per heavy atom. The molecule has 0 spiro atoms. The molecule has 2 aromatic rings. The molecule has 0 aromatic carbocycles. The average molecular weight is 298 g/mol. The van der Waals surface area contributed by atoms with Gasteiger partial charge in [0.25, 0.3) is 0 Å².